The first-order valence-electron chi connectivity index (χ1n) is 9.35. The number of carboxylic acid groups (broad SMARTS) is 1. The first-order valence-corrected chi connectivity index (χ1v) is 9.35. The predicted molar refractivity (Wildman–Crippen MR) is 103 cm³/mol. The number of hydrogen-bond donors (Lipinski definition) is 1. The number of nitrogens with zero attached hydrogens (tertiary/aromatic N) is 3. The quantitative estimate of drug-likeness (QED) is 0.655. The van der Waals surface area contributed by atoms with Crippen molar-refractivity contribution in [2.45, 2.75) is 19.4 Å². The van der Waals surface area contributed by atoms with Crippen LogP contribution in [0.3, 0.4) is 0 Å². The van der Waals surface area contributed by atoms with Gasteiger partial charge >= 0.3 is 5.97 Å². The molecule has 1 aromatic rings. The van der Waals surface area contributed by atoms with Crippen LogP contribution < -0.4 is 0 Å². The standard InChI is InChI=1S/C20H29N3O4/c1-17-2-4-18(5-3-17)14-19-15-22(11-13-25)7-6-21(10-12-24)8-9-23(19)16-20(26)27/h2-5,12-13,19H,6-11,14-16H2,1H3,(H,26,27). The molecule has 0 saturated carbocycles. The Morgan fingerprint density at radius 2 is 1.63 bits per heavy atom. The lowest BCUT2D eigenvalue weighted by Gasteiger charge is -2.33. The molecular weight excluding hydrogens is 346 g/mol. The number of hydrogen-bond acceptors (Lipinski definition) is 6. The molecular formula is C20H29N3O4. The van der Waals surface area contributed by atoms with Crippen LogP contribution in [-0.2, 0) is 20.8 Å². The van der Waals surface area contributed by atoms with Gasteiger partial charge in [-0.15, -0.1) is 0 Å². The summed E-state index contributed by atoms with van der Waals surface area (Å²) in [6.45, 7) is 5.79. The van der Waals surface area contributed by atoms with Gasteiger partial charge < -0.3 is 14.7 Å². The normalized spacial score (nSPS) is 20.4. The molecule has 1 aliphatic heterocycles. The highest BCUT2D eigenvalue weighted by Gasteiger charge is 2.26. The Kier molecular flexibility index (Phi) is 8.57. The second-order valence-electron chi connectivity index (χ2n) is 7.10. The number of aldehydes is 2. The molecule has 27 heavy (non-hydrogen) atoms. The predicted octanol–water partition coefficient (Wildman–Crippen LogP) is 0.308. The van der Waals surface area contributed by atoms with Gasteiger partial charge in [0.05, 0.1) is 19.6 Å². The number of carbonyl (C=O) groups is 3. The minimum atomic E-state index is -0.868. The van der Waals surface area contributed by atoms with Gasteiger partial charge in [-0.25, -0.2) is 0 Å². The van der Waals surface area contributed by atoms with Crippen molar-refractivity contribution < 1.29 is 19.5 Å². The molecule has 1 saturated heterocycles. The highest BCUT2D eigenvalue weighted by atomic mass is 16.4. The summed E-state index contributed by atoms with van der Waals surface area (Å²) in [6.07, 6.45) is 2.47. The molecule has 7 nitrogen and oxygen atoms in total. The molecule has 1 unspecified atom stereocenters. The number of carboxylic acids is 1. The summed E-state index contributed by atoms with van der Waals surface area (Å²) < 4.78 is 0. The summed E-state index contributed by atoms with van der Waals surface area (Å²) in [6, 6.07) is 8.25. The molecule has 1 heterocycles. The summed E-state index contributed by atoms with van der Waals surface area (Å²) in [7, 11) is 0. The van der Waals surface area contributed by atoms with E-state index in [0.29, 0.717) is 45.8 Å². The zero-order chi connectivity index (χ0) is 19.6. The van der Waals surface area contributed by atoms with Crippen molar-refractivity contribution in [2.75, 3.05) is 52.4 Å². The van der Waals surface area contributed by atoms with E-state index in [1.165, 1.54) is 5.56 Å². The first kappa shape index (κ1) is 21.2. The molecule has 0 radical (unpaired) electrons. The molecule has 7 heteroatoms. The van der Waals surface area contributed by atoms with Crippen LogP contribution in [0.4, 0.5) is 0 Å². The molecule has 1 atom stereocenters. The fraction of sp³-hybridized carbons (Fsp3) is 0.550. The number of aliphatic carboxylic acids is 1. The number of benzene rings is 1. The van der Waals surface area contributed by atoms with Crippen molar-refractivity contribution in [1.29, 1.82) is 0 Å². The Morgan fingerprint density at radius 1 is 1.04 bits per heavy atom. The molecule has 1 N–H and O–H groups in total. The van der Waals surface area contributed by atoms with E-state index in [-0.39, 0.29) is 12.6 Å². The second kappa shape index (κ2) is 10.9. The van der Waals surface area contributed by atoms with Crippen molar-refractivity contribution in [3.8, 4) is 0 Å². The van der Waals surface area contributed by atoms with Crippen LogP contribution in [0, 0.1) is 6.92 Å². The van der Waals surface area contributed by atoms with Crippen LogP contribution in [0.5, 0.6) is 0 Å². The first-order chi connectivity index (χ1) is 13.0. The van der Waals surface area contributed by atoms with E-state index in [2.05, 4.69) is 24.3 Å². The lowest BCUT2D eigenvalue weighted by atomic mass is 10.0. The van der Waals surface area contributed by atoms with Crippen molar-refractivity contribution in [3.05, 3.63) is 35.4 Å². The largest absolute Gasteiger partial charge is 0.480 e. The maximum atomic E-state index is 11.4. The van der Waals surface area contributed by atoms with E-state index in [1.54, 1.807) is 0 Å². The highest BCUT2D eigenvalue weighted by Crippen LogP contribution is 2.14. The van der Waals surface area contributed by atoms with Crippen LogP contribution in [0.15, 0.2) is 24.3 Å². The average molecular weight is 375 g/mol. The van der Waals surface area contributed by atoms with Crippen LogP contribution in [0.2, 0.25) is 0 Å². The number of aryl methyl sites for hydroxylation is 1. The van der Waals surface area contributed by atoms with Gasteiger partial charge in [-0.3, -0.25) is 19.5 Å². The smallest absolute Gasteiger partial charge is 0.317 e. The monoisotopic (exact) mass is 375 g/mol. The lowest BCUT2D eigenvalue weighted by Crippen LogP contribution is -2.48. The van der Waals surface area contributed by atoms with Gasteiger partial charge in [0.2, 0.25) is 0 Å². The average Bonchev–Trinajstić information content (AvgIpc) is 2.69. The molecule has 0 spiro atoms. The van der Waals surface area contributed by atoms with Crippen LogP contribution in [-0.4, -0.2) is 96.7 Å². The van der Waals surface area contributed by atoms with Crippen LogP contribution >= 0.6 is 0 Å². The minimum absolute atomic E-state index is 0.0139. The number of carbonyl (C=O) groups excluding carboxylic acids is 2. The fourth-order valence-electron chi connectivity index (χ4n) is 3.48. The van der Waals surface area contributed by atoms with Crippen molar-refractivity contribution in [2.24, 2.45) is 0 Å². The molecule has 0 bridgehead atoms. The Bertz CT molecular complexity index is 620. The molecule has 2 rings (SSSR count). The van der Waals surface area contributed by atoms with Gasteiger partial charge in [-0.2, -0.15) is 0 Å². The fourth-order valence-corrected chi connectivity index (χ4v) is 3.48. The zero-order valence-corrected chi connectivity index (χ0v) is 15.9. The summed E-state index contributed by atoms with van der Waals surface area (Å²) in [5.74, 6) is -0.868. The van der Waals surface area contributed by atoms with Gasteiger partial charge in [0, 0.05) is 38.8 Å². The summed E-state index contributed by atoms with van der Waals surface area (Å²) in [5, 5.41) is 9.38. The third-order valence-electron chi connectivity index (χ3n) is 5.02. The molecule has 1 fully saturated rings. The minimum Gasteiger partial charge on any atom is -0.480 e. The summed E-state index contributed by atoms with van der Waals surface area (Å²) in [5.41, 5.74) is 2.33. The van der Waals surface area contributed by atoms with E-state index in [4.69, 9.17) is 0 Å². The molecule has 148 valence electrons. The Morgan fingerprint density at radius 3 is 2.26 bits per heavy atom. The number of rotatable bonds is 8. The van der Waals surface area contributed by atoms with E-state index >= 15 is 0 Å². The van der Waals surface area contributed by atoms with Gasteiger partial charge in [-0.05, 0) is 18.9 Å². The van der Waals surface area contributed by atoms with Crippen molar-refractivity contribution in [3.63, 3.8) is 0 Å². The second-order valence-corrected chi connectivity index (χ2v) is 7.10. The molecule has 0 aliphatic carbocycles. The molecule has 1 aromatic carbocycles. The summed E-state index contributed by atoms with van der Waals surface area (Å²) in [4.78, 5) is 39.5. The van der Waals surface area contributed by atoms with E-state index in [9.17, 15) is 19.5 Å². The van der Waals surface area contributed by atoms with Gasteiger partial charge in [0.25, 0.3) is 0 Å². The third kappa shape index (κ3) is 7.21. The van der Waals surface area contributed by atoms with E-state index < -0.39 is 5.97 Å². The Balaban J connectivity index is 2.23. The maximum Gasteiger partial charge on any atom is 0.317 e. The molecule has 1 aliphatic rings. The van der Waals surface area contributed by atoms with E-state index in [0.717, 1.165) is 24.6 Å². The van der Waals surface area contributed by atoms with Crippen molar-refractivity contribution >= 4 is 18.5 Å². The van der Waals surface area contributed by atoms with Gasteiger partial charge in [0.1, 0.15) is 12.6 Å². The van der Waals surface area contributed by atoms with Crippen LogP contribution in [0.1, 0.15) is 11.1 Å². The Labute approximate surface area is 160 Å². The van der Waals surface area contributed by atoms with E-state index in [1.807, 2.05) is 21.6 Å². The van der Waals surface area contributed by atoms with Crippen molar-refractivity contribution in [1.82, 2.24) is 14.7 Å². The van der Waals surface area contributed by atoms with Crippen LogP contribution in [0.25, 0.3) is 0 Å². The highest BCUT2D eigenvalue weighted by molar-refractivity contribution is 5.69. The topological polar surface area (TPSA) is 81.2 Å². The lowest BCUT2D eigenvalue weighted by molar-refractivity contribution is -0.139. The molecule has 0 amide bonds. The summed E-state index contributed by atoms with van der Waals surface area (Å²) >= 11 is 0. The SMILES string of the molecule is Cc1ccc(CC2CN(CC=O)CCN(CC=O)CCN2CC(=O)O)cc1. The maximum absolute atomic E-state index is 11.4. The Hall–Kier alpha value is -2.09. The van der Waals surface area contributed by atoms with Gasteiger partial charge in [0.15, 0.2) is 0 Å². The van der Waals surface area contributed by atoms with Gasteiger partial charge in [-0.1, -0.05) is 29.8 Å². The molecule has 0 aromatic heterocycles. The third-order valence-corrected chi connectivity index (χ3v) is 5.02. The zero-order valence-electron chi connectivity index (χ0n) is 15.9.